The molecule has 22 heavy (non-hydrogen) atoms. The van der Waals surface area contributed by atoms with Gasteiger partial charge in [-0.3, -0.25) is 9.59 Å². The largest absolute Gasteiger partial charge is 0.378 e. The number of nitrogens with zero attached hydrogens (tertiary/aromatic N) is 1. The van der Waals surface area contributed by atoms with Gasteiger partial charge in [-0.05, 0) is 18.8 Å². The third-order valence-electron chi connectivity index (χ3n) is 4.22. The predicted octanol–water partition coefficient (Wildman–Crippen LogP) is -0.508. The number of carbonyl (C=O) groups is 2. The fourth-order valence-corrected chi connectivity index (χ4v) is 2.81. The first kappa shape index (κ1) is 17.2. The van der Waals surface area contributed by atoms with E-state index in [1.807, 2.05) is 13.8 Å². The predicted molar refractivity (Wildman–Crippen MR) is 81.1 cm³/mol. The average Bonchev–Trinajstić information content (AvgIpc) is 3.01. The number of nitrogens with one attached hydrogen (secondary N) is 1. The van der Waals surface area contributed by atoms with E-state index >= 15 is 0 Å². The zero-order valence-corrected chi connectivity index (χ0v) is 13.4. The van der Waals surface area contributed by atoms with Gasteiger partial charge in [-0.15, -0.1) is 0 Å². The van der Waals surface area contributed by atoms with E-state index in [1.165, 1.54) is 0 Å². The molecule has 7 nitrogen and oxygen atoms in total. The van der Waals surface area contributed by atoms with Gasteiger partial charge in [-0.25, -0.2) is 0 Å². The minimum atomic E-state index is -0.522. The third-order valence-corrected chi connectivity index (χ3v) is 4.22. The number of amides is 2. The van der Waals surface area contributed by atoms with Crippen LogP contribution in [0.2, 0.25) is 0 Å². The van der Waals surface area contributed by atoms with Gasteiger partial charge in [-0.1, -0.05) is 13.8 Å². The van der Waals surface area contributed by atoms with Crippen LogP contribution in [0, 0.1) is 5.92 Å². The Kier molecular flexibility index (Phi) is 6.16. The Morgan fingerprint density at radius 1 is 1.27 bits per heavy atom. The molecule has 2 rings (SSSR count). The van der Waals surface area contributed by atoms with Crippen LogP contribution >= 0.6 is 0 Å². The fourth-order valence-electron chi connectivity index (χ4n) is 2.81. The Morgan fingerprint density at radius 2 is 1.95 bits per heavy atom. The smallest absolute Gasteiger partial charge is 0.249 e. The highest BCUT2D eigenvalue weighted by Gasteiger charge is 2.35. The van der Waals surface area contributed by atoms with E-state index < -0.39 is 12.1 Å². The first-order valence-electron chi connectivity index (χ1n) is 8.05. The van der Waals surface area contributed by atoms with Crippen LogP contribution in [0.15, 0.2) is 0 Å². The molecule has 0 bridgehead atoms. The zero-order valence-electron chi connectivity index (χ0n) is 13.4. The lowest BCUT2D eigenvalue weighted by Crippen LogP contribution is -2.55. The van der Waals surface area contributed by atoms with Gasteiger partial charge in [0.25, 0.3) is 0 Å². The van der Waals surface area contributed by atoms with Gasteiger partial charge >= 0.3 is 0 Å². The molecule has 2 aliphatic heterocycles. The van der Waals surface area contributed by atoms with Crippen molar-refractivity contribution < 1.29 is 19.1 Å². The van der Waals surface area contributed by atoms with Crippen LogP contribution in [-0.4, -0.2) is 67.8 Å². The maximum Gasteiger partial charge on any atom is 0.249 e. The molecule has 7 heteroatoms. The SMILES string of the molecule is CC(C)C(NC(=O)[C@@H]1CC[C@H](CN)O1)C(=O)N1CCOCC1. The van der Waals surface area contributed by atoms with E-state index in [1.54, 1.807) is 4.90 Å². The Balaban J connectivity index is 1.93. The van der Waals surface area contributed by atoms with Crippen LogP contribution in [0.4, 0.5) is 0 Å². The Bertz CT molecular complexity index is 396. The molecule has 0 aliphatic carbocycles. The quantitative estimate of drug-likeness (QED) is 0.713. The van der Waals surface area contributed by atoms with E-state index in [4.69, 9.17) is 15.2 Å². The lowest BCUT2D eigenvalue weighted by molar-refractivity contribution is -0.143. The molecule has 126 valence electrons. The van der Waals surface area contributed by atoms with Gasteiger partial charge in [-0.2, -0.15) is 0 Å². The lowest BCUT2D eigenvalue weighted by Gasteiger charge is -2.32. The molecule has 1 unspecified atom stereocenters. The van der Waals surface area contributed by atoms with E-state index in [0.717, 1.165) is 6.42 Å². The summed E-state index contributed by atoms with van der Waals surface area (Å²) in [5.74, 6) is -0.234. The zero-order chi connectivity index (χ0) is 16.1. The fraction of sp³-hybridized carbons (Fsp3) is 0.867. The maximum absolute atomic E-state index is 12.6. The monoisotopic (exact) mass is 313 g/mol. The minimum absolute atomic E-state index is 0.0194. The van der Waals surface area contributed by atoms with Gasteiger partial charge < -0.3 is 25.4 Å². The molecule has 2 aliphatic rings. The summed E-state index contributed by atoms with van der Waals surface area (Å²) in [6.45, 7) is 6.54. The van der Waals surface area contributed by atoms with Crippen LogP contribution in [0.3, 0.4) is 0 Å². The first-order chi connectivity index (χ1) is 10.5. The highest BCUT2D eigenvalue weighted by Crippen LogP contribution is 2.19. The number of hydrogen-bond acceptors (Lipinski definition) is 5. The van der Waals surface area contributed by atoms with E-state index in [0.29, 0.717) is 39.3 Å². The maximum atomic E-state index is 12.6. The summed E-state index contributed by atoms with van der Waals surface area (Å²) >= 11 is 0. The number of morpholine rings is 1. The van der Waals surface area contributed by atoms with Crippen LogP contribution in [0.25, 0.3) is 0 Å². The molecule has 0 aromatic heterocycles. The van der Waals surface area contributed by atoms with Crippen molar-refractivity contribution in [1.82, 2.24) is 10.2 Å². The van der Waals surface area contributed by atoms with Crippen molar-refractivity contribution in [1.29, 1.82) is 0 Å². The van der Waals surface area contributed by atoms with Gasteiger partial charge in [0.2, 0.25) is 11.8 Å². The number of carbonyl (C=O) groups excluding carboxylic acids is 2. The summed E-state index contributed by atoms with van der Waals surface area (Å²) in [5.41, 5.74) is 5.56. The summed E-state index contributed by atoms with van der Waals surface area (Å²) in [6, 6.07) is -0.522. The molecule has 2 saturated heterocycles. The summed E-state index contributed by atoms with van der Waals surface area (Å²) in [5, 5.41) is 2.86. The molecular weight excluding hydrogens is 286 g/mol. The third kappa shape index (κ3) is 4.18. The first-order valence-corrected chi connectivity index (χ1v) is 8.05. The molecule has 2 fully saturated rings. The van der Waals surface area contributed by atoms with Crippen molar-refractivity contribution >= 4 is 11.8 Å². The van der Waals surface area contributed by atoms with Crippen molar-refractivity contribution in [2.75, 3.05) is 32.8 Å². The second-order valence-electron chi connectivity index (χ2n) is 6.23. The molecule has 0 saturated carbocycles. The van der Waals surface area contributed by atoms with Crippen molar-refractivity contribution in [2.24, 2.45) is 11.7 Å². The number of nitrogens with two attached hydrogens (primary N) is 1. The second-order valence-corrected chi connectivity index (χ2v) is 6.23. The Morgan fingerprint density at radius 3 is 2.50 bits per heavy atom. The van der Waals surface area contributed by atoms with Crippen molar-refractivity contribution in [2.45, 2.75) is 44.9 Å². The average molecular weight is 313 g/mol. The molecule has 0 aromatic rings. The van der Waals surface area contributed by atoms with Gasteiger partial charge in [0, 0.05) is 19.6 Å². The molecule has 2 heterocycles. The number of rotatable bonds is 5. The molecule has 0 radical (unpaired) electrons. The Hall–Kier alpha value is -1.18. The summed E-state index contributed by atoms with van der Waals surface area (Å²) < 4.78 is 10.9. The molecule has 2 amide bonds. The minimum Gasteiger partial charge on any atom is -0.378 e. The van der Waals surface area contributed by atoms with Crippen molar-refractivity contribution in [3.05, 3.63) is 0 Å². The van der Waals surface area contributed by atoms with Crippen LogP contribution in [-0.2, 0) is 19.1 Å². The van der Waals surface area contributed by atoms with Gasteiger partial charge in [0.15, 0.2) is 0 Å². The van der Waals surface area contributed by atoms with E-state index in [9.17, 15) is 9.59 Å². The molecule has 3 N–H and O–H groups in total. The normalized spacial score (nSPS) is 27.0. The lowest BCUT2D eigenvalue weighted by atomic mass is 10.0. The number of hydrogen-bond donors (Lipinski definition) is 2. The summed E-state index contributed by atoms with van der Waals surface area (Å²) in [7, 11) is 0. The Labute approximate surface area is 131 Å². The molecule has 0 aromatic carbocycles. The molecule has 3 atom stereocenters. The standard InChI is InChI=1S/C15H27N3O4/c1-10(2)13(15(20)18-5-7-21-8-6-18)17-14(19)12-4-3-11(9-16)22-12/h10-13H,3-9,16H2,1-2H3,(H,17,19)/t11-,12+,13?/m1/s1. The summed E-state index contributed by atoms with van der Waals surface area (Å²) in [6.07, 6.45) is 0.901. The second kappa shape index (κ2) is 7.89. The van der Waals surface area contributed by atoms with E-state index in [2.05, 4.69) is 5.32 Å². The van der Waals surface area contributed by atoms with Crippen LogP contribution in [0.1, 0.15) is 26.7 Å². The summed E-state index contributed by atoms with van der Waals surface area (Å²) in [4.78, 5) is 26.7. The molecular formula is C15H27N3O4. The topological polar surface area (TPSA) is 93.9 Å². The van der Waals surface area contributed by atoms with Gasteiger partial charge in [0.1, 0.15) is 12.1 Å². The highest BCUT2D eigenvalue weighted by molar-refractivity contribution is 5.89. The van der Waals surface area contributed by atoms with Crippen molar-refractivity contribution in [3.8, 4) is 0 Å². The van der Waals surface area contributed by atoms with Gasteiger partial charge in [0.05, 0.1) is 19.3 Å². The number of ether oxygens (including phenoxy) is 2. The molecule has 0 spiro atoms. The van der Waals surface area contributed by atoms with Crippen LogP contribution in [0.5, 0.6) is 0 Å². The van der Waals surface area contributed by atoms with Crippen molar-refractivity contribution in [3.63, 3.8) is 0 Å². The highest BCUT2D eigenvalue weighted by atomic mass is 16.5. The van der Waals surface area contributed by atoms with Crippen LogP contribution < -0.4 is 11.1 Å². The van der Waals surface area contributed by atoms with E-state index in [-0.39, 0.29) is 23.8 Å².